The lowest BCUT2D eigenvalue weighted by atomic mass is 9.98. The highest BCUT2D eigenvalue weighted by Gasteiger charge is 2.28. The van der Waals surface area contributed by atoms with Crippen LogP contribution in [0.2, 0.25) is 0 Å². The molecule has 1 aromatic rings. The van der Waals surface area contributed by atoms with Crippen LogP contribution in [0.1, 0.15) is 18.1 Å². The van der Waals surface area contributed by atoms with E-state index in [4.69, 9.17) is 0 Å². The number of aldehydes is 1. The molecular formula is C10H9BrF2O. The van der Waals surface area contributed by atoms with Crippen LogP contribution >= 0.6 is 15.9 Å². The number of halogens is 3. The van der Waals surface area contributed by atoms with Gasteiger partial charge in [0.25, 0.3) is 0 Å². The van der Waals surface area contributed by atoms with E-state index in [2.05, 4.69) is 15.9 Å². The molecule has 0 aliphatic carbocycles. The summed E-state index contributed by atoms with van der Waals surface area (Å²) in [5.74, 6) is -0.695. The van der Waals surface area contributed by atoms with Crippen LogP contribution in [0.5, 0.6) is 0 Å². The molecule has 0 amide bonds. The lowest BCUT2D eigenvalue weighted by Gasteiger charge is -2.14. The van der Waals surface area contributed by atoms with Crippen molar-refractivity contribution in [3.8, 4) is 0 Å². The zero-order valence-corrected chi connectivity index (χ0v) is 9.14. The summed E-state index contributed by atoms with van der Waals surface area (Å²) in [6, 6.07) is 4.08. The fraction of sp³-hybridized carbons (Fsp3) is 0.300. The summed E-state index contributed by atoms with van der Waals surface area (Å²) in [7, 11) is 0. The minimum Gasteiger partial charge on any atom is -0.299 e. The molecule has 0 aliphatic rings. The Kier molecular flexibility index (Phi) is 3.37. The molecular weight excluding hydrogens is 254 g/mol. The number of rotatable bonds is 3. The fourth-order valence-corrected chi connectivity index (χ4v) is 1.45. The first-order valence-corrected chi connectivity index (χ1v) is 5.13. The standard InChI is InChI=1S/C10H9BrF2O/c1-10(13,6-14)8-3-2-7(5-11)4-9(8)12/h2-4,6H,5H2,1H3. The highest BCUT2D eigenvalue weighted by atomic mass is 79.9. The molecule has 0 heterocycles. The van der Waals surface area contributed by atoms with Crippen molar-refractivity contribution in [1.82, 2.24) is 0 Å². The molecule has 1 unspecified atom stereocenters. The lowest BCUT2D eigenvalue weighted by Crippen LogP contribution is -2.18. The summed E-state index contributed by atoms with van der Waals surface area (Å²) >= 11 is 3.15. The van der Waals surface area contributed by atoms with Crippen molar-refractivity contribution < 1.29 is 13.6 Å². The van der Waals surface area contributed by atoms with E-state index in [0.717, 1.165) is 6.92 Å². The predicted molar refractivity (Wildman–Crippen MR) is 53.6 cm³/mol. The van der Waals surface area contributed by atoms with E-state index in [1.165, 1.54) is 12.1 Å². The normalized spacial score (nSPS) is 14.9. The molecule has 14 heavy (non-hydrogen) atoms. The van der Waals surface area contributed by atoms with Crippen molar-refractivity contribution in [1.29, 1.82) is 0 Å². The van der Waals surface area contributed by atoms with E-state index < -0.39 is 11.5 Å². The number of benzene rings is 1. The molecule has 0 aromatic heterocycles. The van der Waals surface area contributed by atoms with Crippen LogP contribution in [0, 0.1) is 5.82 Å². The van der Waals surface area contributed by atoms with Gasteiger partial charge in [-0.05, 0) is 18.6 Å². The molecule has 1 atom stereocenters. The average Bonchev–Trinajstić information content (AvgIpc) is 2.17. The van der Waals surface area contributed by atoms with Gasteiger partial charge in [0, 0.05) is 10.9 Å². The number of hydrogen-bond acceptors (Lipinski definition) is 1. The monoisotopic (exact) mass is 262 g/mol. The quantitative estimate of drug-likeness (QED) is 0.605. The summed E-state index contributed by atoms with van der Waals surface area (Å²) in [6.07, 6.45) is 0.0964. The van der Waals surface area contributed by atoms with Crippen molar-refractivity contribution in [2.75, 3.05) is 0 Å². The zero-order chi connectivity index (χ0) is 10.8. The van der Waals surface area contributed by atoms with Crippen LogP contribution in [0.25, 0.3) is 0 Å². The van der Waals surface area contributed by atoms with Crippen molar-refractivity contribution in [2.24, 2.45) is 0 Å². The van der Waals surface area contributed by atoms with Gasteiger partial charge >= 0.3 is 0 Å². The molecule has 0 radical (unpaired) electrons. The topological polar surface area (TPSA) is 17.1 Å². The van der Waals surface area contributed by atoms with Crippen molar-refractivity contribution >= 4 is 22.2 Å². The fourth-order valence-electron chi connectivity index (χ4n) is 1.10. The second-order valence-electron chi connectivity index (χ2n) is 3.14. The predicted octanol–water partition coefficient (Wildman–Crippen LogP) is 3.10. The van der Waals surface area contributed by atoms with E-state index in [-0.39, 0.29) is 11.8 Å². The first kappa shape index (κ1) is 11.3. The highest BCUT2D eigenvalue weighted by Crippen LogP contribution is 2.26. The average molecular weight is 263 g/mol. The highest BCUT2D eigenvalue weighted by molar-refractivity contribution is 9.08. The van der Waals surface area contributed by atoms with Gasteiger partial charge in [-0.25, -0.2) is 8.78 Å². The van der Waals surface area contributed by atoms with Gasteiger partial charge in [-0.1, -0.05) is 28.1 Å². The zero-order valence-electron chi connectivity index (χ0n) is 7.56. The number of carbonyl (C=O) groups excluding carboxylic acids is 1. The molecule has 0 fully saturated rings. The van der Waals surface area contributed by atoms with Crippen LogP contribution in [-0.2, 0) is 15.8 Å². The third-order valence-electron chi connectivity index (χ3n) is 1.94. The summed E-state index contributed by atoms with van der Waals surface area (Å²) in [4.78, 5) is 10.4. The third kappa shape index (κ3) is 2.18. The van der Waals surface area contributed by atoms with Crippen molar-refractivity contribution in [2.45, 2.75) is 17.9 Å². The molecule has 1 nitrogen and oxygen atoms in total. The maximum atomic E-state index is 13.4. The second kappa shape index (κ2) is 4.17. The molecule has 76 valence electrons. The van der Waals surface area contributed by atoms with Crippen LogP contribution in [0.15, 0.2) is 18.2 Å². The molecule has 0 bridgehead atoms. The molecule has 0 spiro atoms. The molecule has 1 rings (SSSR count). The molecule has 4 heteroatoms. The summed E-state index contributed by atoms with van der Waals surface area (Å²) < 4.78 is 26.7. The molecule has 0 saturated carbocycles. The largest absolute Gasteiger partial charge is 0.299 e. The Hall–Kier alpha value is -0.770. The van der Waals surface area contributed by atoms with Gasteiger partial charge < -0.3 is 0 Å². The van der Waals surface area contributed by atoms with Gasteiger partial charge in [0.15, 0.2) is 12.0 Å². The third-order valence-corrected chi connectivity index (χ3v) is 2.58. The van der Waals surface area contributed by atoms with Crippen LogP contribution in [0.4, 0.5) is 8.78 Å². The number of carbonyl (C=O) groups is 1. The Labute approximate surface area is 89.3 Å². The summed E-state index contributed by atoms with van der Waals surface area (Å²) in [5.41, 5.74) is -1.78. The Morgan fingerprint density at radius 2 is 2.21 bits per heavy atom. The van der Waals surface area contributed by atoms with E-state index >= 15 is 0 Å². The SMILES string of the molecule is CC(F)(C=O)c1ccc(CBr)cc1F. The van der Waals surface area contributed by atoms with Gasteiger partial charge in [-0.3, -0.25) is 4.79 Å². The van der Waals surface area contributed by atoms with Gasteiger partial charge in [0.05, 0.1) is 0 Å². The first-order valence-electron chi connectivity index (χ1n) is 4.01. The number of alkyl halides is 2. The van der Waals surface area contributed by atoms with Crippen LogP contribution in [0.3, 0.4) is 0 Å². The Bertz CT molecular complexity index is 350. The molecule has 0 N–H and O–H groups in total. The molecule has 0 aliphatic heterocycles. The minimum atomic E-state index is -2.26. The van der Waals surface area contributed by atoms with Crippen LogP contribution < -0.4 is 0 Å². The second-order valence-corrected chi connectivity index (χ2v) is 3.70. The number of hydrogen-bond donors (Lipinski definition) is 0. The van der Waals surface area contributed by atoms with E-state index in [9.17, 15) is 13.6 Å². The van der Waals surface area contributed by atoms with Crippen molar-refractivity contribution in [3.63, 3.8) is 0 Å². The van der Waals surface area contributed by atoms with E-state index in [0.29, 0.717) is 10.9 Å². The van der Waals surface area contributed by atoms with Gasteiger partial charge in [-0.15, -0.1) is 0 Å². The Balaban J connectivity index is 3.18. The molecule has 1 aromatic carbocycles. The lowest BCUT2D eigenvalue weighted by molar-refractivity contribution is -0.117. The molecule has 0 saturated heterocycles. The Morgan fingerprint density at radius 3 is 2.64 bits per heavy atom. The smallest absolute Gasteiger partial charge is 0.190 e. The first-order chi connectivity index (χ1) is 6.51. The van der Waals surface area contributed by atoms with E-state index in [1.54, 1.807) is 6.07 Å². The van der Waals surface area contributed by atoms with Gasteiger partial charge in [0.2, 0.25) is 0 Å². The van der Waals surface area contributed by atoms with E-state index in [1.807, 2.05) is 0 Å². The maximum Gasteiger partial charge on any atom is 0.190 e. The minimum absolute atomic E-state index is 0.0964. The van der Waals surface area contributed by atoms with Crippen molar-refractivity contribution in [3.05, 3.63) is 35.1 Å². The summed E-state index contributed by atoms with van der Waals surface area (Å²) in [5, 5.41) is 0.494. The summed E-state index contributed by atoms with van der Waals surface area (Å²) in [6.45, 7) is 1.03. The Morgan fingerprint density at radius 1 is 1.57 bits per heavy atom. The van der Waals surface area contributed by atoms with Crippen LogP contribution in [-0.4, -0.2) is 6.29 Å². The van der Waals surface area contributed by atoms with Gasteiger partial charge in [-0.2, -0.15) is 0 Å². The maximum absolute atomic E-state index is 13.4. The van der Waals surface area contributed by atoms with Gasteiger partial charge in [0.1, 0.15) is 5.82 Å².